The van der Waals surface area contributed by atoms with E-state index in [4.69, 9.17) is 9.84 Å². The summed E-state index contributed by atoms with van der Waals surface area (Å²) in [7, 11) is 0. The Labute approximate surface area is 108 Å². The quantitative estimate of drug-likeness (QED) is 0.544. The summed E-state index contributed by atoms with van der Waals surface area (Å²) in [5.74, 6) is -0.852. The number of ether oxygens (including phenoxy) is 1. The Balaban J connectivity index is 3.65. The molecule has 0 aromatic rings. The van der Waals surface area contributed by atoms with Crippen LogP contribution in [0.25, 0.3) is 0 Å². The van der Waals surface area contributed by atoms with E-state index in [0.717, 1.165) is 0 Å². The second-order valence-corrected chi connectivity index (χ2v) is 4.91. The number of rotatable bonds is 9. The fourth-order valence-corrected chi connectivity index (χ4v) is 1.25. The topological polar surface area (TPSA) is 87.7 Å². The van der Waals surface area contributed by atoms with E-state index in [9.17, 15) is 9.59 Å². The van der Waals surface area contributed by atoms with E-state index in [1.165, 1.54) is 0 Å². The maximum Gasteiger partial charge on any atom is 0.314 e. The van der Waals surface area contributed by atoms with Gasteiger partial charge in [-0.15, -0.1) is 0 Å². The highest BCUT2D eigenvalue weighted by Crippen LogP contribution is 2.13. The number of carbonyl (C=O) groups excluding carboxylic acids is 1. The average molecular weight is 260 g/mol. The van der Waals surface area contributed by atoms with Crippen molar-refractivity contribution in [3.63, 3.8) is 0 Å². The number of nitrogens with one attached hydrogen (secondary N) is 2. The summed E-state index contributed by atoms with van der Waals surface area (Å²) in [5, 5.41) is 13.8. The van der Waals surface area contributed by atoms with Crippen LogP contribution in [0, 0.1) is 5.41 Å². The molecule has 0 unspecified atom stereocenters. The van der Waals surface area contributed by atoms with E-state index in [0.29, 0.717) is 32.7 Å². The lowest BCUT2D eigenvalue weighted by Gasteiger charge is -2.24. The van der Waals surface area contributed by atoms with Gasteiger partial charge in [0, 0.05) is 31.5 Å². The summed E-state index contributed by atoms with van der Waals surface area (Å²) < 4.78 is 5.32. The van der Waals surface area contributed by atoms with Gasteiger partial charge in [-0.05, 0) is 13.3 Å². The summed E-state index contributed by atoms with van der Waals surface area (Å²) >= 11 is 0. The zero-order chi connectivity index (χ0) is 14.0. The number of carbonyl (C=O) groups is 2. The van der Waals surface area contributed by atoms with Crippen LogP contribution in [0.5, 0.6) is 0 Å². The number of amides is 2. The lowest BCUT2D eigenvalue weighted by molar-refractivity contribution is -0.137. The molecule has 0 saturated carbocycles. The van der Waals surface area contributed by atoms with Crippen LogP contribution in [0.1, 0.15) is 33.6 Å². The third kappa shape index (κ3) is 9.89. The first-order valence-corrected chi connectivity index (χ1v) is 6.18. The van der Waals surface area contributed by atoms with Crippen LogP contribution in [0.15, 0.2) is 0 Å². The summed E-state index contributed by atoms with van der Waals surface area (Å²) in [5.41, 5.74) is -0.117. The number of hydrogen-bond donors (Lipinski definition) is 3. The summed E-state index contributed by atoms with van der Waals surface area (Å²) in [4.78, 5) is 21.7. The van der Waals surface area contributed by atoms with E-state index in [-0.39, 0.29) is 17.9 Å². The maximum absolute atomic E-state index is 11.4. The molecule has 0 heterocycles. The molecule has 0 aromatic carbocycles. The highest BCUT2D eigenvalue weighted by Gasteiger charge is 2.18. The molecule has 0 radical (unpaired) electrons. The maximum atomic E-state index is 11.4. The lowest BCUT2D eigenvalue weighted by Crippen LogP contribution is -2.42. The molecule has 0 aliphatic rings. The monoisotopic (exact) mass is 260 g/mol. The van der Waals surface area contributed by atoms with Gasteiger partial charge in [0.2, 0.25) is 0 Å². The largest absolute Gasteiger partial charge is 0.481 e. The molecule has 0 atom stereocenters. The minimum absolute atomic E-state index is 0.0656. The van der Waals surface area contributed by atoms with Crippen molar-refractivity contribution in [2.45, 2.75) is 33.6 Å². The van der Waals surface area contributed by atoms with Gasteiger partial charge >= 0.3 is 12.0 Å². The van der Waals surface area contributed by atoms with E-state index < -0.39 is 5.97 Å². The van der Waals surface area contributed by atoms with Gasteiger partial charge in [-0.25, -0.2) is 4.79 Å². The van der Waals surface area contributed by atoms with Gasteiger partial charge in [0.15, 0.2) is 0 Å². The second kappa shape index (κ2) is 8.74. The number of carboxylic acids is 1. The van der Waals surface area contributed by atoms with Crippen molar-refractivity contribution in [2.24, 2.45) is 5.41 Å². The van der Waals surface area contributed by atoms with Crippen molar-refractivity contribution < 1.29 is 19.4 Å². The fourth-order valence-electron chi connectivity index (χ4n) is 1.25. The van der Waals surface area contributed by atoms with Crippen LogP contribution in [0.3, 0.4) is 0 Å². The molecule has 0 aliphatic carbocycles. The predicted octanol–water partition coefficient (Wildman–Crippen LogP) is 1.21. The first-order valence-electron chi connectivity index (χ1n) is 6.18. The Hall–Kier alpha value is -1.30. The van der Waals surface area contributed by atoms with Gasteiger partial charge in [0.25, 0.3) is 0 Å². The van der Waals surface area contributed by atoms with Crippen LogP contribution in [-0.4, -0.2) is 43.4 Å². The molecule has 0 saturated heterocycles. The average Bonchev–Trinajstić information content (AvgIpc) is 2.29. The van der Waals surface area contributed by atoms with Gasteiger partial charge < -0.3 is 20.5 Å². The molecule has 0 rings (SSSR count). The first kappa shape index (κ1) is 16.7. The van der Waals surface area contributed by atoms with Crippen LogP contribution in [0.2, 0.25) is 0 Å². The SMILES string of the molecule is CCOCC(C)(C)CNC(=O)NCCCC(=O)O. The standard InChI is InChI=1S/C12H24N2O4/c1-4-18-9-12(2,3)8-14-11(17)13-7-5-6-10(15)16/h4-9H2,1-3H3,(H,15,16)(H2,13,14,17). The third-order valence-electron chi connectivity index (χ3n) is 2.28. The van der Waals surface area contributed by atoms with Gasteiger partial charge in [0.05, 0.1) is 6.61 Å². The summed E-state index contributed by atoms with van der Waals surface area (Å²) in [6, 6.07) is -0.273. The van der Waals surface area contributed by atoms with Gasteiger partial charge in [-0.1, -0.05) is 13.8 Å². The summed E-state index contributed by atoms with van der Waals surface area (Å²) in [6.45, 7) is 8.06. The molecule has 6 heteroatoms. The molecule has 0 spiro atoms. The third-order valence-corrected chi connectivity index (χ3v) is 2.28. The molecule has 0 aliphatic heterocycles. The minimum atomic E-state index is -0.852. The highest BCUT2D eigenvalue weighted by molar-refractivity contribution is 5.73. The normalized spacial score (nSPS) is 11.1. The van der Waals surface area contributed by atoms with Gasteiger partial charge in [-0.2, -0.15) is 0 Å². The smallest absolute Gasteiger partial charge is 0.314 e. The van der Waals surface area contributed by atoms with Crippen LogP contribution in [0.4, 0.5) is 4.79 Å². The van der Waals surface area contributed by atoms with Crippen molar-refractivity contribution in [1.82, 2.24) is 10.6 Å². The lowest BCUT2D eigenvalue weighted by atomic mass is 9.95. The fraction of sp³-hybridized carbons (Fsp3) is 0.833. The molecule has 106 valence electrons. The number of carboxylic acid groups (broad SMARTS) is 1. The Kier molecular flexibility index (Phi) is 8.11. The molecule has 18 heavy (non-hydrogen) atoms. The van der Waals surface area contributed by atoms with Crippen LogP contribution < -0.4 is 10.6 Å². The van der Waals surface area contributed by atoms with E-state index >= 15 is 0 Å². The molecule has 0 aromatic heterocycles. The molecule has 6 nitrogen and oxygen atoms in total. The van der Waals surface area contributed by atoms with Crippen molar-refractivity contribution in [1.29, 1.82) is 0 Å². The molecule has 0 bridgehead atoms. The molecular weight excluding hydrogens is 236 g/mol. The van der Waals surface area contributed by atoms with Crippen LogP contribution in [-0.2, 0) is 9.53 Å². The van der Waals surface area contributed by atoms with E-state index in [1.807, 2.05) is 20.8 Å². The van der Waals surface area contributed by atoms with E-state index in [2.05, 4.69) is 10.6 Å². The number of urea groups is 1. The Morgan fingerprint density at radius 1 is 1.28 bits per heavy atom. The zero-order valence-corrected chi connectivity index (χ0v) is 11.4. The minimum Gasteiger partial charge on any atom is -0.481 e. The van der Waals surface area contributed by atoms with Crippen molar-refractivity contribution >= 4 is 12.0 Å². The first-order chi connectivity index (χ1) is 8.37. The number of aliphatic carboxylic acids is 1. The Morgan fingerprint density at radius 3 is 2.50 bits per heavy atom. The molecule has 3 N–H and O–H groups in total. The molecular formula is C12H24N2O4. The predicted molar refractivity (Wildman–Crippen MR) is 68.5 cm³/mol. The van der Waals surface area contributed by atoms with Gasteiger partial charge in [-0.3, -0.25) is 4.79 Å². The van der Waals surface area contributed by atoms with E-state index in [1.54, 1.807) is 0 Å². The highest BCUT2D eigenvalue weighted by atomic mass is 16.5. The van der Waals surface area contributed by atoms with Crippen molar-refractivity contribution in [3.05, 3.63) is 0 Å². The Bertz CT molecular complexity index is 267. The van der Waals surface area contributed by atoms with Crippen molar-refractivity contribution in [3.8, 4) is 0 Å². The van der Waals surface area contributed by atoms with Crippen molar-refractivity contribution in [2.75, 3.05) is 26.3 Å². The van der Waals surface area contributed by atoms with Gasteiger partial charge in [0.1, 0.15) is 0 Å². The zero-order valence-electron chi connectivity index (χ0n) is 11.4. The molecule has 0 fully saturated rings. The summed E-state index contributed by atoms with van der Waals surface area (Å²) in [6.07, 6.45) is 0.501. The van der Waals surface area contributed by atoms with Crippen LogP contribution >= 0.6 is 0 Å². The Morgan fingerprint density at radius 2 is 1.94 bits per heavy atom. The second-order valence-electron chi connectivity index (χ2n) is 4.91. The number of hydrogen-bond acceptors (Lipinski definition) is 3. The molecule has 2 amide bonds.